The Morgan fingerprint density at radius 2 is 1.59 bits per heavy atom. The van der Waals surface area contributed by atoms with Gasteiger partial charge in [0.25, 0.3) is 0 Å². The largest absolute Gasteiger partial charge is 0.478 e. The molecule has 164 valence electrons. The van der Waals surface area contributed by atoms with Crippen LogP contribution in [0.1, 0.15) is 21.5 Å². The van der Waals surface area contributed by atoms with E-state index in [2.05, 4.69) is 16.0 Å². The number of carboxylic acid groups (broad SMARTS) is 1. The van der Waals surface area contributed by atoms with Crippen molar-refractivity contribution in [3.05, 3.63) is 102 Å². The lowest BCUT2D eigenvalue weighted by Crippen LogP contribution is -1.98. The van der Waals surface area contributed by atoms with E-state index in [4.69, 9.17) is 4.74 Å². The van der Waals surface area contributed by atoms with Crippen molar-refractivity contribution >= 4 is 17.0 Å². The maximum Gasteiger partial charge on any atom is 0.337 e. The van der Waals surface area contributed by atoms with E-state index >= 15 is 0 Å². The van der Waals surface area contributed by atoms with E-state index in [1.807, 2.05) is 67.6 Å². The van der Waals surface area contributed by atoms with Crippen LogP contribution in [0.15, 0.2) is 84.9 Å². The third kappa shape index (κ3) is 3.98. The smallest absolute Gasteiger partial charge is 0.337 e. The van der Waals surface area contributed by atoms with E-state index in [-0.39, 0.29) is 5.56 Å². The maximum absolute atomic E-state index is 11.6. The molecule has 0 aliphatic rings. The number of hydrogen-bond donors (Lipinski definition) is 2. The first-order valence-corrected chi connectivity index (χ1v) is 10.6. The highest BCUT2D eigenvalue weighted by Gasteiger charge is 2.15. The molecule has 4 aromatic carbocycles. The summed E-state index contributed by atoms with van der Waals surface area (Å²) in [6.07, 6.45) is 0. The summed E-state index contributed by atoms with van der Waals surface area (Å²) in [6, 6.07) is 28.3. The fourth-order valence-electron chi connectivity index (χ4n) is 3.87. The number of fused-ring (bicyclic) bond motifs is 1. The van der Waals surface area contributed by atoms with Crippen LogP contribution in [-0.4, -0.2) is 21.0 Å². The number of rotatable bonds is 5. The third-order valence-corrected chi connectivity index (χ3v) is 5.54. The number of nitriles is 1. The Morgan fingerprint density at radius 1 is 0.941 bits per heavy atom. The van der Waals surface area contributed by atoms with Gasteiger partial charge in [0.2, 0.25) is 0 Å². The van der Waals surface area contributed by atoms with Gasteiger partial charge in [-0.25, -0.2) is 9.78 Å². The van der Waals surface area contributed by atoms with Gasteiger partial charge < -0.3 is 14.8 Å². The average molecular weight is 445 g/mol. The number of H-pyrrole nitrogens is 1. The van der Waals surface area contributed by atoms with Gasteiger partial charge in [0.15, 0.2) is 0 Å². The quantitative estimate of drug-likeness (QED) is 0.319. The second-order valence-corrected chi connectivity index (χ2v) is 7.91. The van der Waals surface area contributed by atoms with E-state index in [9.17, 15) is 15.2 Å². The molecule has 1 heterocycles. The summed E-state index contributed by atoms with van der Waals surface area (Å²) in [7, 11) is 0. The first kappa shape index (κ1) is 21.0. The molecule has 0 amide bonds. The number of nitrogens with zero attached hydrogens (tertiary/aromatic N) is 2. The van der Waals surface area contributed by atoms with Gasteiger partial charge in [0, 0.05) is 5.56 Å². The lowest BCUT2D eigenvalue weighted by molar-refractivity contribution is 0.0698. The van der Waals surface area contributed by atoms with Crippen molar-refractivity contribution in [2.45, 2.75) is 6.92 Å². The molecular formula is C28H19N3O3. The van der Waals surface area contributed by atoms with Gasteiger partial charge in [-0.05, 0) is 60.0 Å². The van der Waals surface area contributed by atoms with Crippen LogP contribution in [0.5, 0.6) is 11.5 Å². The monoisotopic (exact) mass is 445 g/mol. The highest BCUT2D eigenvalue weighted by Crippen LogP contribution is 2.30. The molecule has 0 saturated heterocycles. The number of ether oxygens (including phenoxy) is 1. The molecule has 5 aromatic rings. The molecule has 6 nitrogen and oxygen atoms in total. The van der Waals surface area contributed by atoms with E-state index in [0.717, 1.165) is 22.3 Å². The van der Waals surface area contributed by atoms with Crippen LogP contribution in [0.3, 0.4) is 0 Å². The lowest BCUT2D eigenvalue weighted by atomic mass is 10.0. The molecule has 0 radical (unpaired) electrons. The van der Waals surface area contributed by atoms with Crippen molar-refractivity contribution in [1.82, 2.24) is 9.97 Å². The number of carboxylic acids is 1. The Bertz CT molecular complexity index is 1560. The highest BCUT2D eigenvalue weighted by atomic mass is 16.5. The number of benzene rings is 4. The van der Waals surface area contributed by atoms with Crippen LogP contribution in [-0.2, 0) is 0 Å². The normalized spacial score (nSPS) is 10.7. The molecule has 6 heteroatoms. The van der Waals surface area contributed by atoms with Gasteiger partial charge in [0.05, 0.1) is 16.6 Å². The van der Waals surface area contributed by atoms with Crippen LogP contribution in [0.2, 0.25) is 0 Å². The zero-order valence-electron chi connectivity index (χ0n) is 18.2. The Hall–Kier alpha value is -4.89. The van der Waals surface area contributed by atoms with Crippen molar-refractivity contribution in [3.8, 4) is 40.1 Å². The van der Waals surface area contributed by atoms with Gasteiger partial charge in [-0.2, -0.15) is 5.26 Å². The van der Waals surface area contributed by atoms with Crippen LogP contribution in [0, 0.1) is 18.3 Å². The number of para-hydroxylation sites is 1. The Kier molecular flexibility index (Phi) is 5.29. The van der Waals surface area contributed by atoms with E-state index in [1.54, 1.807) is 24.3 Å². The minimum Gasteiger partial charge on any atom is -0.478 e. The van der Waals surface area contributed by atoms with Crippen molar-refractivity contribution in [2.24, 2.45) is 0 Å². The van der Waals surface area contributed by atoms with E-state index in [0.29, 0.717) is 33.9 Å². The number of aromatic carboxylic acids is 1. The zero-order valence-corrected chi connectivity index (χ0v) is 18.2. The number of hydrogen-bond acceptors (Lipinski definition) is 4. The minimum absolute atomic E-state index is 0.189. The second-order valence-electron chi connectivity index (χ2n) is 7.91. The van der Waals surface area contributed by atoms with Crippen LogP contribution in [0.4, 0.5) is 0 Å². The number of aromatic nitrogens is 2. The number of imidazole rings is 1. The van der Waals surface area contributed by atoms with Crippen molar-refractivity contribution < 1.29 is 14.6 Å². The number of aryl methyl sites for hydroxylation is 1. The SMILES string of the molecule is Cc1cc(C(=O)O)c2nc(-c3ccc(-c4ccc(Oc5ccccc5C#N)cc4)cc3)[nH]c2c1. The summed E-state index contributed by atoms with van der Waals surface area (Å²) in [5, 5.41) is 18.7. The highest BCUT2D eigenvalue weighted by molar-refractivity contribution is 6.02. The fraction of sp³-hybridized carbons (Fsp3) is 0.0357. The van der Waals surface area contributed by atoms with Gasteiger partial charge in [-0.15, -0.1) is 0 Å². The second kappa shape index (κ2) is 8.57. The standard InChI is InChI=1S/C28H19N3O3/c1-17-14-23(28(32)33)26-24(15-17)30-27(31-26)20-8-6-18(7-9-20)19-10-12-22(13-11-19)34-25-5-3-2-4-21(25)16-29/h2-15H,1H3,(H,30,31)(H,32,33). The molecule has 0 aliphatic carbocycles. The molecule has 0 unspecified atom stereocenters. The van der Waals surface area contributed by atoms with E-state index < -0.39 is 5.97 Å². The molecule has 5 rings (SSSR count). The molecule has 0 bridgehead atoms. The molecule has 0 saturated carbocycles. The predicted molar refractivity (Wildman–Crippen MR) is 130 cm³/mol. The van der Waals surface area contributed by atoms with Gasteiger partial charge in [0.1, 0.15) is 28.9 Å². The first-order valence-electron chi connectivity index (χ1n) is 10.6. The summed E-state index contributed by atoms with van der Waals surface area (Å²) in [6.45, 7) is 1.86. The van der Waals surface area contributed by atoms with Gasteiger partial charge >= 0.3 is 5.97 Å². The number of carbonyl (C=O) groups is 1. The summed E-state index contributed by atoms with van der Waals surface area (Å²) in [4.78, 5) is 19.4. The van der Waals surface area contributed by atoms with Gasteiger partial charge in [-0.1, -0.05) is 48.5 Å². The fourth-order valence-corrected chi connectivity index (χ4v) is 3.87. The maximum atomic E-state index is 11.6. The summed E-state index contributed by atoms with van der Waals surface area (Å²) >= 11 is 0. The molecule has 0 fully saturated rings. The summed E-state index contributed by atoms with van der Waals surface area (Å²) in [5.41, 5.74) is 5.58. The molecule has 0 atom stereocenters. The Labute approximate surface area is 195 Å². The summed E-state index contributed by atoms with van der Waals surface area (Å²) in [5.74, 6) is 0.796. The van der Waals surface area contributed by atoms with Crippen LogP contribution < -0.4 is 4.74 Å². The lowest BCUT2D eigenvalue weighted by Gasteiger charge is -2.08. The van der Waals surface area contributed by atoms with Crippen molar-refractivity contribution in [1.29, 1.82) is 5.26 Å². The molecule has 0 aliphatic heterocycles. The van der Waals surface area contributed by atoms with E-state index in [1.165, 1.54) is 0 Å². The molecular weight excluding hydrogens is 426 g/mol. The molecule has 0 spiro atoms. The zero-order chi connectivity index (χ0) is 23.7. The average Bonchev–Trinajstić information content (AvgIpc) is 3.28. The number of aromatic amines is 1. The Morgan fingerprint density at radius 3 is 2.26 bits per heavy atom. The first-order chi connectivity index (χ1) is 16.5. The summed E-state index contributed by atoms with van der Waals surface area (Å²) < 4.78 is 5.86. The van der Waals surface area contributed by atoms with Crippen molar-refractivity contribution in [3.63, 3.8) is 0 Å². The van der Waals surface area contributed by atoms with Crippen LogP contribution >= 0.6 is 0 Å². The minimum atomic E-state index is -0.995. The third-order valence-electron chi connectivity index (χ3n) is 5.54. The number of nitrogens with one attached hydrogen (secondary N) is 1. The molecule has 2 N–H and O–H groups in total. The topological polar surface area (TPSA) is 99.0 Å². The van der Waals surface area contributed by atoms with Crippen LogP contribution in [0.25, 0.3) is 33.5 Å². The Balaban J connectivity index is 1.39. The predicted octanol–water partition coefficient (Wildman–Crippen LogP) is 6.57. The molecule has 1 aromatic heterocycles. The van der Waals surface area contributed by atoms with Gasteiger partial charge in [-0.3, -0.25) is 0 Å². The molecule has 34 heavy (non-hydrogen) atoms. The van der Waals surface area contributed by atoms with Crippen molar-refractivity contribution in [2.75, 3.05) is 0 Å².